The molecule has 206 valence electrons. The van der Waals surface area contributed by atoms with E-state index in [-0.39, 0.29) is 35.0 Å². The summed E-state index contributed by atoms with van der Waals surface area (Å²) < 4.78 is 7.22. The van der Waals surface area contributed by atoms with Crippen molar-refractivity contribution in [1.29, 1.82) is 5.26 Å². The Morgan fingerprint density at radius 3 is 2.59 bits per heavy atom. The van der Waals surface area contributed by atoms with Crippen molar-refractivity contribution in [1.82, 2.24) is 24.4 Å². The molecule has 3 heterocycles. The van der Waals surface area contributed by atoms with Gasteiger partial charge < -0.3 is 20.7 Å². The highest BCUT2D eigenvalue weighted by atomic mass is 35.5. The van der Waals surface area contributed by atoms with E-state index in [0.717, 1.165) is 0 Å². The molecule has 11 nitrogen and oxygen atoms in total. The van der Waals surface area contributed by atoms with Gasteiger partial charge in [0.25, 0.3) is 5.56 Å². The minimum absolute atomic E-state index is 0.0361. The molecule has 1 amide bonds. The number of benzene rings is 1. The molecule has 2 aromatic heterocycles. The molecule has 12 heteroatoms. The number of nitriles is 1. The number of nitrogens with one attached hydrogen (secondary N) is 1. The van der Waals surface area contributed by atoms with E-state index >= 15 is 0 Å². The van der Waals surface area contributed by atoms with E-state index < -0.39 is 11.6 Å². The van der Waals surface area contributed by atoms with Crippen LogP contribution in [-0.2, 0) is 4.74 Å². The van der Waals surface area contributed by atoms with Crippen LogP contribution in [0, 0.1) is 18.3 Å². The Hall–Kier alpha value is -3.91. The average molecular weight is 553 g/mol. The van der Waals surface area contributed by atoms with Crippen LogP contribution in [0.5, 0.6) is 0 Å². The van der Waals surface area contributed by atoms with Gasteiger partial charge in [-0.1, -0.05) is 24.6 Å². The van der Waals surface area contributed by atoms with E-state index in [9.17, 15) is 14.9 Å². The summed E-state index contributed by atoms with van der Waals surface area (Å²) in [5.74, 6) is 0.807. The summed E-state index contributed by atoms with van der Waals surface area (Å²) >= 11 is 6.46. The Morgan fingerprint density at radius 1 is 1.28 bits per heavy atom. The lowest BCUT2D eigenvalue weighted by molar-refractivity contribution is 0.0186. The van der Waals surface area contributed by atoms with Gasteiger partial charge in [0.1, 0.15) is 28.9 Å². The molecular formula is C27H33ClN8O3. The fourth-order valence-electron chi connectivity index (χ4n) is 4.80. The quantitative estimate of drug-likeness (QED) is 0.457. The number of carbonyl (C=O) groups excluding carboxylic acids is 1. The van der Waals surface area contributed by atoms with E-state index in [1.54, 1.807) is 34.6 Å². The van der Waals surface area contributed by atoms with Crippen LogP contribution in [-0.4, -0.2) is 49.2 Å². The van der Waals surface area contributed by atoms with Crippen LogP contribution >= 0.6 is 11.6 Å². The lowest BCUT2D eigenvalue weighted by Crippen LogP contribution is -2.44. The largest absolute Gasteiger partial charge is 0.444 e. The molecule has 1 unspecified atom stereocenters. The van der Waals surface area contributed by atoms with Gasteiger partial charge in [0.2, 0.25) is 5.95 Å². The van der Waals surface area contributed by atoms with Crippen LogP contribution in [0.25, 0.3) is 10.9 Å². The number of nitrogens with two attached hydrogens (primary N) is 1. The van der Waals surface area contributed by atoms with Crippen molar-refractivity contribution >= 4 is 40.4 Å². The van der Waals surface area contributed by atoms with Crippen molar-refractivity contribution in [3.05, 3.63) is 50.7 Å². The second-order valence-corrected chi connectivity index (χ2v) is 11.0. The molecule has 1 atom stereocenters. The summed E-state index contributed by atoms with van der Waals surface area (Å²) in [6.07, 6.45) is 1.22. The molecule has 1 aliphatic heterocycles. The zero-order chi connectivity index (χ0) is 28.5. The first-order valence-electron chi connectivity index (χ1n) is 12.9. The number of anilines is 2. The Balaban J connectivity index is 1.77. The monoisotopic (exact) mass is 552 g/mol. The molecule has 0 radical (unpaired) electrons. The van der Waals surface area contributed by atoms with Gasteiger partial charge in [-0.05, 0) is 59.1 Å². The molecule has 1 saturated heterocycles. The minimum atomic E-state index is -0.595. The van der Waals surface area contributed by atoms with Crippen LogP contribution in [0.2, 0.25) is 5.02 Å². The SMILES string of the molecule is CCC(Nc1nc(N)nc(C)c1C#N)c1nc2cccc(Cl)c2c(=O)n1C1CCN(C(=O)OC(C)(C)C)CC1. The fourth-order valence-corrected chi connectivity index (χ4v) is 5.05. The summed E-state index contributed by atoms with van der Waals surface area (Å²) in [6, 6.07) is 6.59. The first-order valence-corrected chi connectivity index (χ1v) is 13.3. The zero-order valence-electron chi connectivity index (χ0n) is 22.8. The summed E-state index contributed by atoms with van der Waals surface area (Å²) in [4.78, 5) is 41.5. The number of carbonyl (C=O) groups is 1. The number of rotatable bonds is 5. The highest BCUT2D eigenvalue weighted by molar-refractivity contribution is 6.35. The number of aromatic nitrogens is 4. The molecule has 3 aromatic rings. The van der Waals surface area contributed by atoms with Crippen LogP contribution in [0.1, 0.15) is 76.1 Å². The number of nitrogens with zero attached hydrogens (tertiary/aromatic N) is 6. The topological polar surface area (TPSA) is 152 Å². The Kier molecular flexibility index (Phi) is 7.97. The number of nitrogen functional groups attached to an aromatic ring is 1. The first-order chi connectivity index (χ1) is 18.4. The number of likely N-dealkylation sites (tertiary alicyclic amines) is 1. The molecule has 39 heavy (non-hydrogen) atoms. The number of hydrogen-bond acceptors (Lipinski definition) is 9. The maximum absolute atomic E-state index is 14.0. The molecule has 0 saturated carbocycles. The molecule has 4 rings (SSSR count). The number of aryl methyl sites for hydroxylation is 1. The van der Waals surface area contributed by atoms with Gasteiger partial charge in [0.15, 0.2) is 0 Å². The molecule has 3 N–H and O–H groups in total. The van der Waals surface area contributed by atoms with Crippen molar-refractivity contribution in [2.45, 2.75) is 71.6 Å². The van der Waals surface area contributed by atoms with Crippen molar-refractivity contribution < 1.29 is 9.53 Å². The van der Waals surface area contributed by atoms with E-state index in [4.69, 9.17) is 27.1 Å². The van der Waals surface area contributed by atoms with E-state index in [0.29, 0.717) is 59.8 Å². The van der Waals surface area contributed by atoms with Crippen LogP contribution in [0.3, 0.4) is 0 Å². The maximum atomic E-state index is 14.0. The maximum Gasteiger partial charge on any atom is 0.410 e. The lowest BCUT2D eigenvalue weighted by Gasteiger charge is -2.35. The smallest absolute Gasteiger partial charge is 0.410 e. The highest BCUT2D eigenvalue weighted by Crippen LogP contribution is 2.31. The second kappa shape index (κ2) is 11.1. The van der Waals surface area contributed by atoms with Crippen molar-refractivity contribution in [2.75, 3.05) is 24.1 Å². The summed E-state index contributed by atoms with van der Waals surface area (Å²) in [7, 11) is 0. The van der Waals surface area contributed by atoms with Gasteiger partial charge in [-0.2, -0.15) is 10.2 Å². The molecule has 1 aliphatic rings. The standard InChI is InChI=1S/C27H33ClN8O3/c1-6-19(32-22-17(14-29)15(2)31-25(30)34-22)23-33-20-9-7-8-18(28)21(20)24(37)36(23)16-10-12-35(13-11-16)26(38)39-27(3,4)5/h7-9,16,19H,6,10-13H2,1-5H3,(H3,30,31,32,34). The molecule has 1 aromatic carbocycles. The number of amides is 1. The van der Waals surface area contributed by atoms with E-state index in [2.05, 4.69) is 21.4 Å². The summed E-state index contributed by atoms with van der Waals surface area (Å²) in [5.41, 5.74) is 6.22. The van der Waals surface area contributed by atoms with Gasteiger partial charge in [-0.15, -0.1) is 0 Å². The van der Waals surface area contributed by atoms with Crippen LogP contribution in [0.4, 0.5) is 16.6 Å². The third kappa shape index (κ3) is 5.91. The number of piperidine rings is 1. The first kappa shape index (κ1) is 28.1. The predicted octanol–water partition coefficient (Wildman–Crippen LogP) is 4.74. The van der Waals surface area contributed by atoms with Crippen molar-refractivity contribution in [2.24, 2.45) is 0 Å². The van der Waals surface area contributed by atoms with Gasteiger partial charge in [0.05, 0.1) is 27.7 Å². The fraction of sp³-hybridized carbons (Fsp3) is 0.481. The van der Waals surface area contributed by atoms with Gasteiger partial charge in [-0.25, -0.2) is 14.8 Å². The second-order valence-electron chi connectivity index (χ2n) is 10.6. The van der Waals surface area contributed by atoms with Crippen molar-refractivity contribution in [3.63, 3.8) is 0 Å². The summed E-state index contributed by atoms with van der Waals surface area (Å²) in [5, 5.41) is 13.7. The van der Waals surface area contributed by atoms with Gasteiger partial charge >= 0.3 is 6.09 Å². The van der Waals surface area contributed by atoms with E-state index in [1.165, 1.54) is 0 Å². The Labute approximate surface area is 232 Å². The van der Waals surface area contributed by atoms with Crippen LogP contribution < -0.4 is 16.6 Å². The third-order valence-electron chi connectivity index (χ3n) is 6.64. The van der Waals surface area contributed by atoms with Gasteiger partial charge in [-0.3, -0.25) is 9.36 Å². The molecule has 0 spiro atoms. The molecule has 1 fully saturated rings. The third-order valence-corrected chi connectivity index (χ3v) is 6.95. The Bertz CT molecular complexity index is 1500. The number of ether oxygens (including phenoxy) is 1. The average Bonchev–Trinajstić information content (AvgIpc) is 2.86. The number of hydrogen-bond donors (Lipinski definition) is 2. The lowest BCUT2D eigenvalue weighted by atomic mass is 10.0. The number of fused-ring (bicyclic) bond motifs is 1. The number of halogens is 1. The molecule has 0 aliphatic carbocycles. The zero-order valence-corrected chi connectivity index (χ0v) is 23.5. The minimum Gasteiger partial charge on any atom is -0.444 e. The van der Waals surface area contributed by atoms with Gasteiger partial charge in [0, 0.05) is 19.1 Å². The van der Waals surface area contributed by atoms with Crippen LogP contribution in [0.15, 0.2) is 23.0 Å². The van der Waals surface area contributed by atoms with Crippen molar-refractivity contribution in [3.8, 4) is 6.07 Å². The molecular weight excluding hydrogens is 520 g/mol. The molecule has 0 bridgehead atoms. The summed E-state index contributed by atoms with van der Waals surface area (Å²) in [6.45, 7) is 9.98. The highest BCUT2D eigenvalue weighted by Gasteiger charge is 2.31. The van der Waals surface area contributed by atoms with E-state index in [1.807, 2.05) is 27.7 Å². The predicted molar refractivity (Wildman–Crippen MR) is 150 cm³/mol. The normalized spacial score (nSPS) is 15.2. The Morgan fingerprint density at radius 2 is 1.97 bits per heavy atom.